The first-order valence-corrected chi connectivity index (χ1v) is 8.96. The average molecular weight is 326 g/mol. The van der Waals surface area contributed by atoms with Crippen molar-refractivity contribution in [1.29, 1.82) is 0 Å². The molecular weight excluding hydrogens is 292 g/mol. The molecule has 134 valence electrons. The van der Waals surface area contributed by atoms with E-state index in [0.717, 1.165) is 51.3 Å². The SMILES string of the molecule is CCN1CCCC1CNC(=NC)NCCCCCCC(=O)OC. The maximum atomic E-state index is 11.0. The minimum atomic E-state index is -0.110. The smallest absolute Gasteiger partial charge is 0.305 e. The van der Waals surface area contributed by atoms with E-state index in [-0.39, 0.29) is 5.97 Å². The van der Waals surface area contributed by atoms with E-state index in [9.17, 15) is 4.79 Å². The van der Waals surface area contributed by atoms with Gasteiger partial charge < -0.3 is 15.4 Å². The van der Waals surface area contributed by atoms with E-state index in [1.54, 1.807) is 0 Å². The van der Waals surface area contributed by atoms with Gasteiger partial charge in [-0.15, -0.1) is 0 Å². The molecule has 0 radical (unpaired) electrons. The van der Waals surface area contributed by atoms with Crippen LogP contribution in [0.25, 0.3) is 0 Å². The second-order valence-electron chi connectivity index (χ2n) is 6.04. The molecule has 2 N–H and O–H groups in total. The van der Waals surface area contributed by atoms with Gasteiger partial charge in [0.05, 0.1) is 7.11 Å². The van der Waals surface area contributed by atoms with Crippen LogP contribution in [0.3, 0.4) is 0 Å². The van der Waals surface area contributed by atoms with Gasteiger partial charge in [-0.05, 0) is 38.8 Å². The lowest BCUT2D eigenvalue weighted by Crippen LogP contribution is -2.45. The van der Waals surface area contributed by atoms with Crippen LogP contribution in [-0.2, 0) is 9.53 Å². The number of aliphatic imine (C=N–C) groups is 1. The Morgan fingerprint density at radius 1 is 1.26 bits per heavy atom. The number of carbonyl (C=O) groups is 1. The summed E-state index contributed by atoms with van der Waals surface area (Å²) in [4.78, 5) is 17.8. The van der Waals surface area contributed by atoms with E-state index in [4.69, 9.17) is 0 Å². The summed E-state index contributed by atoms with van der Waals surface area (Å²) in [6.07, 6.45) is 7.29. The first kappa shape index (κ1) is 19.7. The fourth-order valence-electron chi connectivity index (χ4n) is 3.03. The Kier molecular flexibility index (Phi) is 10.4. The van der Waals surface area contributed by atoms with Gasteiger partial charge in [-0.1, -0.05) is 19.8 Å². The van der Waals surface area contributed by atoms with Crippen LogP contribution >= 0.6 is 0 Å². The summed E-state index contributed by atoms with van der Waals surface area (Å²) in [5, 5.41) is 6.80. The number of nitrogens with one attached hydrogen (secondary N) is 2. The van der Waals surface area contributed by atoms with Gasteiger partial charge in [0.15, 0.2) is 5.96 Å². The number of likely N-dealkylation sites (N-methyl/N-ethyl adjacent to an activating group) is 1. The van der Waals surface area contributed by atoms with Crippen molar-refractivity contribution in [2.75, 3.05) is 40.3 Å². The Bertz CT molecular complexity index is 361. The largest absolute Gasteiger partial charge is 0.469 e. The van der Waals surface area contributed by atoms with Gasteiger partial charge in [0.25, 0.3) is 0 Å². The molecule has 1 aliphatic heterocycles. The lowest BCUT2D eigenvalue weighted by atomic mass is 10.1. The predicted octanol–water partition coefficient (Wildman–Crippen LogP) is 1.76. The average Bonchev–Trinajstić information content (AvgIpc) is 3.03. The first-order chi connectivity index (χ1) is 11.2. The van der Waals surface area contributed by atoms with Crippen LogP contribution in [0.15, 0.2) is 4.99 Å². The molecule has 1 aliphatic rings. The number of esters is 1. The van der Waals surface area contributed by atoms with E-state index in [1.165, 1.54) is 26.5 Å². The molecular formula is C17H34N4O2. The molecule has 1 rings (SSSR count). The highest BCUT2D eigenvalue weighted by Crippen LogP contribution is 2.15. The second-order valence-corrected chi connectivity index (χ2v) is 6.04. The summed E-state index contributed by atoms with van der Waals surface area (Å²) in [6.45, 7) is 6.46. The van der Waals surface area contributed by atoms with Crippen LogP contribution in [0.5, 0.6) is 0 Å². The summed E-state index contributed by atoms with van der Waals surface area (Å²) in [5.74, 6) is 0.781. The van der Waals surface area contributed by atoms with Gasteiger partial charge in [0, 0.05) is 32.6 Å². The number of nitrogens with zero attached hydrogens (tertiary/aromatic N) is 2. The van der Waals surface area contributed by atoms with Crippen molar-refractivity contribution >= 4 is 11.9 Å². The molecule has 6 nitrogen and oxygen atoms in total. The highest BCUT2D eigenvalue weighted by Gasteiger charge is 2.22. The van der Waals surface area contributed by atoms with E-state index < -0.39 is 0 Å². The number of hydrogen-bond donors (Lipinski definition) is 2. The zero-order valence-electron chi connectivity index (χ0n) is 15.1. The molecule has 1 unspecified atom stereocenters. The lowest BCUT2D eigenvalue weighted by Gasteiger charge is -2.23. The predicted molar refractivity (Wildman–Crippen MR) is 94.7 cm³/mol. The topological polar surface area (TPSA) is 66.0 Å². The van der Waals surface area contributed by atoms with Gasteiger partial charge in [0.2, 0.25) is 0 Å². The fourth-order valence-corrected chi connectivity index (χ4v) is 3.03. The van der Waals surface area contributed by atoms with E-state index in [2.05, 4.69) is 32.2 Å². The van der Waals surface area contributed by atoms with Crippen LogP contribution in [0, 0.1) is 0 Å². The molecule has 1 fully saturated rings. The van der Waals surface area contributed by atoms with Gasteiger partial charge in [-0.25, -0.2) is 0 Å². The molecule has 0 saturated carbocycles. The Morgan fingerprint density at radius 2 is 2.04 bits per heavy atom. The number of guanidine groups is 1. The summed E-state index contributed by atoms with van der Waals surface area (Å²) in [5.41, 5.74) is 0. The van der Waals surface area contributed by atoms with Crippen molar-refractivity contribution in [2.24, 2.45) is 4.99 Å². The molecule has 1 atom stereocenters. The molecule has 0 aromatic heterocycles. The van der Waals surface area contributed by atoms with Crippen molar-refractivity contribution in [3.05, 3.63) is 0 Å². The quantitative estimate of drug-likeness (QED) is 0.277. The van der Waals surface area contributed by atoms with Crippen LogP contribution in [-0.4, -0.2) is 63.2 Å². The standard InChI is InChI=1S/C17H34N4O2/c1-4-21-13-9-10-15(21)14-20-17(18-2)19-12-8-6-5-7-11-16(22)23-3/h15H,4-14H2,1-3H3,(H2,18,19,20). The third kappa shape index (κ3) is 8.21. The van der Waals surface area contributed by atoms with Crippen LogP contribution in [0.1, 0.15) is 51.9 Å². The molecule has 1 saturated heterocycles. The van der Waals surface area contributed by atoms with Crippen molar-refractivity contribution in [1.82, 2.24) is 15.5 Å². The highest BCUT2D eigenvalue weighted by molar-refractivity contribution is 5.79. The van der Waals surface area contributed by atoms with Gasteiger partial charge in [-0.3, -0.25) is 14.7 Å². The Morgan fingerprint density at radius 3 is 2.74 bits per heavy atom. The summed E-state index contributed by atoms with van der Waals surface area (Å²) in [6, 6.07) is 0.636. The molecule has 0 bridgehead atoms. The van der Waals surface area contributed by atoms with E-state index in [1.807, 2.05) is 7.05 Å². The molecule has 0 aromatic carbocycles. The van der Waals surface area contributed by atoms with E-state index in [0.29, 0.717) is 12.5 Å². The molecule has 0 aromatic rings. The third-order valence-electron chi connectivity index (χ3n) is 4.46. The van der Waals surface area contributed by atoms with Gasteiger partial charge in [-0.2, -0.15) is 0 Å². The number of unbranched alkanes of at least 4 members (excludes halogenated alkanes) is 3. The molecule has 6 heteroatoms. The highest BCUT2D eigenvalue weighted by atomic mass is 16.5. The Hall–Kier alpha value is -1.30. The lowest BCUT2D eigenvalue weighted by molar-refractivity contribution is -0.140. The number of carbonyl (C=O) groups excluding carboxylic acids is 1. The van der Waals surface area contributed by atoms with Crippen molar-refractivity contribution in [3.8, 4) is 0 Å². The molecule has 0 amide bonds. The first-order valence-electron chi connectivity index (χ1n) is 8.96. The van der Waals surface area contributed by atoms with Crippen LogP contribution in [0.4, 0.5) is 0 Å². The van der Waals surface area contributed by atoms with Crippen LogP contribution in [0.2, 0.25) is 0 Å². The van der Waals surface area contributed by atoms with E-state index >= 15 is 0 Å². The maximum Gasteiger partial charge on any atom is 0.305 e. The van der Waals surface area contributed by atoms with Crippen LogP contribution < -0.4 is 10.6 Å². The number of ether oxygens (including phenoxy) is 1. The summed E-state index contributed by atoms with van der Waals surface area (Å²) in [7, 11) is 3.26. The van der Waals surface area contributed by atoms with Gasteiger partial charge in [0.1, 0.15) is 0 Å². The number of methoxy groups -OCH3 is 1. The molecule has 0 aliphatic carbocycles. The molecule has 0 spiro atoms. The monoisotopic (exact) mass is 326 g/mol. The molecule has 1 heterocycles. The van der Waals surface area contributed by atoms with Crippen molar-refractivity contribution in [2.45, 2.75) is 57.9 Å². The zero-order valence-corrected chi connectivity index (χ0v) is 15.1. The Balaban J connectivity index is 2.05. The van der Waals surface area contributed by atoms with Gasteiger partial charge >= 0.3 is 5.97 Å². The zero-order chi connectivity index (χ0) is 16.9. The number of hydrogen-bond acceptors (Lipinski definition) is 4. The summed E-state index contributed by atoms with van der Waals surface area (Å²) < 4.78 is 4.63. The van der Waals surface area contributed by atoms with Crippen molar-refractivity contribution in [3.63, 3.8) is 0 Å². The number of likely N-dealkylation sites (tertiary alicyclic amines) is 1. The third-order valence-corrected chi connectivity index (χ3v) is 4.46. The number of rotatable bonds is 10. The summed E-state index contributed by atoms with van der Waals surface area (Å²) >= 11 is 0. The normalized spacial score (nSPS) is 18.9. The second kappa shape index (κ2) is 12.2. The maximum absolute atomic E-state index is 11.0. The Labute approximate surface area is 141 Å². The minimum Gasteiger partial charge on any atom is -0.469 e. The fraction of sp³-hybridized carbons (Fsp3) is 0.882. The van der Waals surface area contributed by atoms with Crippen molar-refractivity contribution < 1.29 is 9.53 Å². The molecule has 23 heavy (non-hydrogen) atoms. The minimum absolute atomic E-state index is 0.110.